The summed E-state index contributed by atoms with van der Waals surface area (Å²) in [5.74, 6) is 0.355. The zero-order valence-corrected chi connectivity index (χ0v) is 34.6. The first-order chi connectivity index (χ1) is 28.4. The lowest BCUT2D eigenvalue weighted by Gasteiger charge is -2.49. The van der Waals surface area contributed by atoms with Crippen LogP contribution in [0.4, 0.5) is 0 Å². The van der Waals surface area contributed by atoms with Crippen molar-refractivity contribution in [2.45, 2.75) is 84.5 Å². The van der Waals surface area contributed by atoms with Crippen molar-refractivity contribution in [3.8, 4) is 0 Å². The molecule has 2 aliphatic rings. The van der Waals surface area contributed by atoms with Gasteiger partial charge in [-0.25, -0.2) is 0 Å². The first-order valence-electron chi connectivity index (χ1n) is 20.7. The largest absolute Gasteiger partial charge is 0.379 e. The molecular weight excluding hydrogens is 743 g/mol. The van der Waals surface area contributed by atoms with E-state index in [0.717, 1.165) is 16.7 Å². The lowest BCUT2D eigenvalue weighted by Crippen LogP contribution is -2.58. The Morgan fingerprint density at radius 2 is 0.948 bits per heavy atom. The summed E-state index contributed by atoms with van der Waals surface area (Å²) in [6.45, 7) is 14.0. The second-order valence-corrected chi connectivity index (χ2v) is 15.0. The zero-order valence-electron chi connectivity index (χ0n) is 34.6. The number of benzene rings is 3. The fraction of sp³-hybridized carbons (Fsp3) is 0.600. The molecule has 3 aromatic carbocycles. The highest BCUT2D eigenvalue weighted by atomic mass is 16.8. The molecule has 0 saturated carbocycles. The highest BCUT2D eigenvalue weighted by molar-refractivity contribution is 5.15. The molecule has 4 unspecified atom stereocenters. The van der Waals surface area contributed by atoms with Gasteiger partial charge in [-0.1, -0.05) is 124 Å². The maximum absolute atomic E-state index is 8.34. The summed E-state index contributed by atoms with van der Waals surface area (Å²) < 4.78 is 62.9. The minimum absolute atomic E-state index is 0.0214. The second kappa shape index (κ2) is 25.9. The molecule has 2 heterocycles. The van der Waals surface area contributed by atoms with Crippen molar-refractivity contribution in [1.82, 2.24) is 0 Å². The van der Waals surface area contributed by atoms with Gasteiger partial charge in [0.2, 0.25) is 0 Å². The predicted octanol–water partition coefficient (Wildman–Crippen LogP) is 7.76. The Hall–Kier alpha value is -3.43. The molecule has 318 valence electrons. The fourth-order valence-electron chi connectivity index (χ4n) is 7.13. The Balaban J connectivity index is 1.22. The van der Waals surface area contributed by atoms with E-state index in [4.69, 9.17) is 52.9 Å². The molecule has 3 aromatic rings. The molecule has 13 nitrogen and oxygen atoms in total. The van der Waals surface area contributed by atoms with Crippen molar-refractivity contribution in [3.05, 3.63) is 118 Å². The van der Waals surface area contributed by atoms with Gasteiger partial charge in [0.15, 0.2) is 12.6 Å². The summed E-state index contributed by atoms with van der Waals surface area (Å²) >= 11 is 0. The molecule has 5 rings (SSSR count). The van der Waals surface area contributed by atoms with Crippen molar-refractivity contribution >= 4 is 0 Å². The standard InChI is InChI=1S/C45H63N3O10/c1-33-35(3)42(55-30-39-18-12-7-13-19-39)45(57-41(33)32-53-29-38-16-10-6-11-17-38)58-43-36(4)34(2)40(31-52-28-37-14-8-5-9-15-37)56-44(43)54-27-26-51-25-24-50-23-22-49-21-20-47-48-46/h5-19,33-36,40-45H,20-32H2,1-4H3/t33-,34-,35?,36?,40?,41?,42+,43+,44-,45+/m0/s1. The third-order valence-corrected chi connectivity index (χ3v) is 11.0. The zero-order chi connectivity index (χ0) is 40.8. The molecule has 2 saturated heterocycles. The molecule has 0 aromatic heterocycles. The van der Waals surface area contributed by atoms with E-state index in [2.05, 4.69) is 74.1 Å². The number of hydrogen-bond acceptors (Lipinski definition) is 11. The van der Waals surface area contributed by atoms with Crippen LogP contribution in [0.25, 0.3) is 10.4 Å². The normalized spacial score (nSPS) is 27.2. The van der Waals surface area contributed by atoms with E-state index < -0.39 is 18.7 Å². The van der Waals surface area contributed by atoms with Gasteiger partial charge in [0.05, 0.1) is 91.5 Å². The lowest BCUT2D eigenvalue weighted by molar-refractivity contribution is -0.354. The summed E-state index contributed by atoms with van der Waals surface area (Å²) in [6, 6.07) is 30.5. The van der Waals surface area contributed by atoms with Crippen LogP contribution in [-0.4, -0.2) is 103 Å². The van der Waals surface area contributed by atoms with Crippen LogP contribution in [0.2, 0.25) is 0 Å². The van der Waals surface area contributed by atoms with Crippen molar-refractivity contribution in [1.29, 1.82) is 0 Å². The predicted molar refractivity (Wildman–Crippen MR) is 218 cm³/mol. The fourth-order valence-corrected chi connectivity index (χ4v) is 7.13. The average Bonchev–Trinajstić information content (AvgIpc) is 3.25. The van der Waals surface area contributed by atoms with Gasteiger partial charge >= 0.3 is 0 Å². The number of nitrogens with zero attached hydrogens (tertiary/aromatic N) is 3. The molecule has 0 spiro atoms. The molecular formula is C45H63N3O10. The van der Waals surface area contributed by atoms with Gasteiger partial charge in [-0.3, -0.25) is 0 Å². The molecule has 0 bridgehead atoms. The van der Waals surface area contributed by atoms with Crippen LogP contribution in [0, 0.1) is 23.7 Å². The summed E-state index contributed by atoms with van der Waals surface area (Å²) in [6.07, 6.45) is -2.66. The van der Waals surface area contributed by atoms with Gasteiger partial charge in [-0.15, -0.1) is 0 Å². The Morgan fingerprint density at radius 1 is 0.500 bits per heavy atom. The summed E-state index contributed by atoms with van der Waals surface area (Å²) in [5, 5.41) is 3.44. The minimum Gasteiger partial charge on any atom is -0.379 e. The molecule has 0 amide bonds. The topological polar surface area (TPSA) is 141 Å². The van der Waals surface area contributed by atoms with Crippen LogP contribution in [0.1, 0.15) is 44.4 Å². The number of azide groups is 1. The molecule has 58 heavy (non-hydrogen) atoms. The monoisotopic (exact) mass is 805 g/mol. The van der Waals surface area contributed by atoms with Crippen LogP contribution in [0.5, 0.6) is 0 Å². The van der Waals surface area contributed by atoms with Crippen LogP contribution in [-0.2, 0) is 67.2 Å². The summed E-state index contributed by atoms with van der Waals surface area (Å²) in [5.41, 5.74) is 11.6. The van der Waals surface area contributed by atoms with Gasteiger partial charge in [0.25, 0.3) is 0 Å². The first-order valence-corrected chi connectivity index (χ1v) is 20.7. The highest BCUT2D eigenvalue weighted by Crippen LogP contribution is 2.39. The van der Waals surface area contributed by atoms with Crippen molar-refractivity contribution in [2.75, 3.05) is 66.0 Å². The van der Waals surface area contributed by atoms with Crippen LogP contribution in [0.15, 0.2) is 96.1 Å². The van der Waals surface area contributed by atoms with Gasteiger partial charge in [0.1, 0.15) is 12.2 Å². The third kappa shape index (κ3) is 15.0. The van der Waals surface area contributed by atoms with Crippen LogP contribution in [0.3, 0.4) is 0 Å². The molecule has 10 atom stereocenters. The highest BCUT2D eigenvalue weighted by Gasteiger charge is 2.49. The number of rotatable bonds is 26. The first kappa shape index (κ1) is 45.7. The molecule has 0 radical (unpaired) electrons. The molecule has 0 aliphatic carbocycles. The van der Waals surface area contributed by atoms with E-state index in [1.54, 1.807) is 0 Å². The Bertz CT molecular complexity index is 1570. The van der Waals surface area contributed by atoms with E-state index >= 15 is 0 Å². The molecule has 2 fully saturated rings. The Kier molecular flexibility index (Phi) is 20.4. The summed E-state index contributed by atoms with van der Waals surface area (Å²) in [7, 11) is 0. The maximum Gasteiger partial charge on any atom is 0.185 e. The number of hydrogen-bond donors (Lipinski definition) is 0. The Labute approximate surface area is 344 Å². The van der Waals surface area contributed by atoms with E-state index in [-0.39, 0.29) is 48.6 Å². The van der Waals surface area contributed by atoms with E-state index in [1.807, 2.05) is 54.6 Å². The van der Waals surface area contributed by atoms with Gasteiger partial charge in [-0.2, -0.15) is 0 Å². The minimum atomic E-state index is -0.709. The van der Waals surface area contributed by atoms with Gasteiger partial charge in [-0.05, 0) is 45.9 Å². The molecule has 2 aliphatic heterocycles. The van der Waals surface area contributed by atoms with E-state index in [1.165, 1.54) is 0 Å². The molecule has 0 N–H and O–H groups in total. The van der Waals surface area contributed by atoms with Crippen molar-refractivity contribution < 1.29 is 47.4 Å². The second-order valence-electron chi connectivity index (χ2n) is 15.0. The van der Waals surface area contributed by atoms with Crippen molar-refractivity contribution in [2.24, 2.45) is 28.8 Å². The van der Waals surface area contributed by atoms with Crippen LogP contribution >= 0.6 is 0 Å². The third-order valence-electron chi connectivity index (χ3n) is 11.0. The Morgan fingerprint density at radius 3 is 1.47 bits per heavy atom. The van der Waals surface area contributed by atoms with Crippen molar-refractivity contribution in [3.63, 3.8) is 0 Å². The SMILES string of the molecule is CC1[C@H](C)C(COCc2ccccc2)O[C@H](O[C@@H]2C(C)[C@H](C)C(COCc3ccccc3)O[C@@H]2OCCOCCOCCOCCN=[N+]=[N-])[C@@H]1OCc1ccccc1. The number of ether oxygens (including phenoxy) is 10. The van der Waals surface area contributed by atoms with E-state index in [0.29, 0.717) is 79.2 Å². The average molecular weight is 806 g/mol. The van der Waals surface area contributed by atoms with Gasteiger partial charge < -0.3 is 47.4 Å². The smallest absolute Gasteiger partial charge is 0.185 e. The summed E-state index contributed by atoms with van der Waals surface area (Å²) in [4.78, 5) is 2.71. The van der Waals surface area contributed by atoms with E-state index in [9.17, 15) is 0 Å². The maximum atomic E-state index is 8.34. The van der Waals surface area contributed by atoms with Crippen LogP contribution < -0.4 is 0 Å². The lowest BCUT2D eigenvalue weighted by atomic mass is 9.82. The van der Waals surface area contributed by atoms with Gasteiger partial charge in [0, 0.05) is 11.5 Å². The molecule has 13 heteroatoms. The quantitative estimate of drug-likeness (QED) is 0.0342.